The van der Waals surface area contributed by atoms with Crippen LogP contribution in [0.4, 0.5) is 0 Å². The van der Waals surface area contributed by atoms with Gasteiger partial charge in [-0.15, -0.1) is 0 Å². The van der Waals surface area contributed by atoms with Gasteiger partial charge in [0, 0.05) is 0 Å². The minimum Gasteiger partial charge on any atom is -0.320 e. The van der Waals surface area contributed by atoms with E-state index in [1.807, 2.05) is 7.05 Å². The molecule has 0 radical (unpaired) electrons. The largest absolute Gasteiger partial charge is 0.320 e. The fourth-order valence-electron chi connectivity index (χ4n) is 2.32. The molecule has 0 amide bonds. The second kappa shape index (κ2) is 8.37. The van der Waals surface area contributed by atoms with E-state index in [1.165, 1.54) is 49.7 Å². The molecule has 0 atom stereocenters. The molecule has 0 aliphatic carbocycles. The molecule has 1 rings (SSSR count). The SMILES string of the molecule is CCCCc1ccc(CCC(C)(C)CCNC)cc1. The van der Waals surface area contributed by atoms with Gasteiger partial charge in [-0.2, -0.15) is 0 Å². The van der Waals surface area contributed by atoms with Crippen molar-refractivity contribution in [1.82, 2.24) is 5.32 Å². The molecular weight excluding hydrogens is 230 g/mol. The van der Waals surface area contributed by atoms with Gasteiger partial charge in [0.05, 0.1) is 0 Å². The molecule has 1 aromatic rings. The molecule has 0 aliphatic rings. The number of hydrogen-bond acceptors (Lipinski definition) is 1. The standard InChI is InChI=1S/C18H31N/c1-5-6-7-16-8-10-17(11-9-16)12-13-18(2,3)14-15-19-4/h8-11,19H,5-7,12-15H2,1-4H3. The normalized spacial score (nSPS) is 11.8. The third kappa shape index (κ3) is 6.77. The van der Waals surface area contributed by atoms with Gasteiger partial charge in [-0.05, 0) is 62.2 Å². The van der Waals surface area contributed by atoms with Gasteiger partial charge >= 0.3 is 0 Å². The summed E-state index contributed by atoms with van der Waals surface area (Å²) in [5, 5.41) is 3.25. The van der Waals surface area contributed by atoms with E-state index < -0.39 is 0 Å². The summed E-state index contributed by atoms with van der Waals surface area (Å²) < 4.78 is 0. The van der Waals surface area contributed by atoms with E-state index in [0.717, 1.165) is 6.54 Å². The van der Waals surface area contributed by atoms with Crippen LogP contribution in [0.1, 0.15) is 57.6 Å². The molecule has 0 saturated heterocycles. The van der Waals surface area contributed by atoms with E-state index in [-0.39, 0.29) is 0 Å². The van der Waals surface area contributed by atoms with Crippen LogP contribution in [0, 0.1) is 5.41 Å². The first kappa shape index (κ1) is 16.2. The quantitative estimate of drug-likeness (QED) is 0.685. The zero-order valence-corrected chi connectivity index (χ0v) is 13.3. The Balaban J connectivity index is 2.40. The number of rotatable bonds is 9. The molecule has 1 aromatic carbocycles. The Hall–Kier alpha value is -0.820. The maximum absolute atomic E-state index is 3.25. The fraction of sp³-hybridized carbons (Fsp3) is 0.667. The molecule has 0 saturated carbocycles. The first-order valence-electron chi connectivity index (χ1n) is 7.80. The fourth-order valence-corrected chi connectivity index (χ4v) is 2.32. The second-order valence-corrected chi connectivity index (χ2v) is 6.44. The predicted octanol–water partition coefficient (Wildman–Crippen LogP) is 4.60. The average Bonchev–Trinajstić information content (AvgIpc) is 2.42. The van der Waals surface area contributed by atoms with Gasteiger partial charge in [0.2, 0.25) is 0 Å². The van der Waals surface area contributed by atoms with E-state index in [2.05, 4.69) is 50.4 Å². The summed E-state index contributed by atoms with van der Waals surface area (Å²) in [6, 6.07) is 9.26. The number of unbranched alkanes of at least 4 members (excludes halogenated alkanes) is 1. The maximum Gasteiger partial charge on any atom is -0.00468 e. The Labute approximate surface area is 119 Å². The molecule has 1 N–H and O–H groups in total. The molecule has 0 bridgehead atoms. The molecule has 0 heterocycles. The van der Waals surface area contributed by atoms with E-state index in [4.69, 9.17) is 0 Å². The van der Waals surface area contributed by atoms with Gasteiger partial charge in [-0.25, -0.2) is 0 Å². The Bertz CT molecular complexity index is 337. The number of benzene rings is 1. The summed E-state index contributed by atoms with van der Waals surface area (Å²) in [6.45, 7) is 8.12. The molecule has 108 valence electrons. The highest BCUT2D eigenvalue weighted by Gasteiger charge is 2.16. The van der Waals surface area contributed by atoms with Gasteiger partial charge in [0.1, 0.15) is 0 Å². The summed E-state index contributed by atoms with van der Waals surface area (Å²) in [5.74, 6) is 0. The number of aryl methyl sites for hydroxylation is 2. The minimum atomic E-state index is 0.434. The van der Waals surface area contributed by atoms with E-state index in [0.29, 0.717) is 5.41 Å². The van der Waals surface area contributed by atoms with Gasteiger partial charge in [0.25, 0.3) is 0 Å². The van der Waals surface area contributed by atoms with Crippen LogP contribution >= 0.6 is 0 Å². The Morgan fingerprint density at radius 3 is 2.05 bits per heavy atom. The van der Waals surface area contributed by atoms with Crippen molar-refractivity contribution in [2.75, 3.05) is 13.6 Å². The summed E-state index contributed by atoms with van der Waals surface area (Å²) in [4.78, 5) is 0. The van der Waals surface area contributed by atoms with Crippen molar-refractivity contribution in [3.8, 4) is 0 Å². The smallest absolute Gasteiger partial charge is 0.00468 e. The van der Waals surface area contributed by atoms with Crippen molar-refractivity contribution in [1.29, 1.82) is 0 Å². The van der Waals surface area contributed by atoms with Gasteiger partial charge in [-0.1, -0.05) is 51.5 Å². The Morgan fingerprint density at radius 2 is 1.53 bits per heavy atom. The highest BCUT2D eigenvalue weighted by atomic mass is 14.8. The summed E-state index contributed by atoms with van der Waals surface area (Å²) in [5.41, 5.74) is 3.40. The van der Waals surface area contributed by atoms with Crippen molar-refractivity contribution in [2.45, 2.75) is 59.3 Å². The molecular formula is C18H31N. The van der Waals surface area contributed by atoms with Gasteiger partial charge in [0.15, 0.2) is 0 Å². The third-order valence-corrected chi connectivity index (χ3v) is 3.98. The topological polar surface area (TPSA) is 12.0 Å². The Kier molecular flexibility index (Phi) is 7.15. The van der Waals surface area contributed by atoms with Crippen LogP contribution in [0.3, 0.4) is 0 Å². The lowest BCUT2D eigenvalue weighted by Gasteiger charge is -2.24. The van der Waals surface area contributed by atoms with Crippen LogP contribution in [-0.4, -0.2) is 13.6 Å². The van der Waals surface area contributed by atoms with Crippen LogP contribution in [0.25, 0.3) is 0 Å². The first-order chi connectivity index (χ1) is 9.07. The molecule has 0 unspecified atom stereocenters. The second-order valence-electron chi connectivity index (χ2n) is 6.44. The lowest BCUT2D eigenvalue weighted by atomic mass is 9.83. The zero-order chi connectivity index (χ0) is 14.1. The minimum absolute atomic E-state index is 0.434. The molecule has 0 aromatic heterocycles. The maximum atomic E-state index is 3.25. The van der Waals surface area contributed by atoms with E-state index in [1.54, 1.807) is 0 Å². The van der Waals surface area contributed by atoms with Gasteiger partial charge in [-0.3, -0.25) is 0 Å². The van der Waals surface area contributed by atoms with Crippen LogP contribution in [0.5, 0.6) is 0 Å². The predicted molar refractivity (Wildman–Crippen MR) is 85.7 cm³/mol. The van der Waals surface area contributed by atoms with Crippen LogP contribution in [0.2, 0.25) is 0 Å². The molecule has 0 fully saturated rings. The lowest BCUT2D eigenvalue weighted by Crippen LogP contribution is -2.20. The van der Waals surface area contributed by atoms with Crippen molar-refractivity contribution >= 4 is 0 Å². The summed E-state index contributed by atoms with van der Waals surface area (Å²) in [7, 11) is 2.03. The first-order valence-corrected chi connectivity index (χ1v) is 7.80. The van der Waals surface area contributed by atoms with Crippen molar-refractivity contribution < 1.29 is 0 Å². The van der Waals surface area contributed by atoms with Crippen molar-refractivity contribution in [3.05, 3.63) is 35.4 Å². The van der Waals surface area contributed by atoms with Crippen molar-refractivity contribution in [3.63, 3.8) is 0 Å². The molecule has 0 spiro atoms. The Morgan fingerprint density at radius 1 is 0.947 bits per heavy atom. The lowest BCUT2D eigenvalue weighted by molar-refractivity contribution is 0.305. The third-order valence-electron chi connectivity index (χ3n) is 3.98. The molecule has 1 nitrogen and oxygen atoms in total. The van der Waals surface area contributed by atoms with Gasteiger partial charge < -0.3 is 5.32 Å². The highest BCUT2D eigenvalue weighted by Crippen LogP contribution is 2.26. The number of hydrogen-bond donors (Lipinski definition) is 1. The highest BCUT2D eigenvalue weighted by molar-refractivity contribution is 5.22. The summed E-state index contributed by atoms with van der Waals surface area (Å²) >= 11 is 0. The van der Waals surface area contributed by atoms with Crippen LogP contribution in [0.15, 0.2) is 24.3 Å². The number of nitrogens with one attached hydrogen (secondary N) is 1. The van der Waals surface area contributed by atoms with E-state index >= 15 is 0 Å². The van der Waals surface area contributed by atoms with E-state index in [9.17, 15) is 0 Å². The molecule has 0 aliphatic heterocycles. The molecule has 1 heteroatoms. The monoisotopic (exact) mass is 261 g/mol. The summed E-state index contributed by atoms with van der Waals surface area (Å²) in [6.07, 6.45) is 7.52. The van der Waals surface area contributed by atoms with Crippen LogP contribution in [-0.2, 0) is 12.8 Å². The van der Waals surface area contributed by atoms with Crippen molar-refractivity contribution in [2.24, 2.45) is 5.41 Å². The zero-order valence-electron chi connectivity index (χ0n) is 13.3. The molecule has 19 heavy (non-hydrogen) atoms. The van der Waals surface area contributed by atoms with Crippen LogP contribution < -0.4 is 5.32 Å². The average molecular weight is 261 g/mol.